The molecule has 0 spiro atoms. The smallest absolute Gasteiger partial charge is 0.276 e. The maximum Gasteiger partial charge on any atom is 0.276 e. The summed E-state index contributed by atoms with van der Waals surface area (Å²) < 4.78 is 13.6. The number of carbonyl (C=O) groups is 2. The molecule has 126 valence electrons. The van der Waals surface area contributed by atoms with Crippen LogP contribution in [0.25, 0.3) is 0 Å². The first kappa shape index (κ1) is 16.3. The normalized spacial score (nSPS) is 10.3. The Morgan fingerprint density at radius 2 is 1.76 bits per heavy atom. The highest BCUT2D eigenvalue weighted by molar-refractivity contribution is 6.08. The number of rotatable bonds is 4. The lowest BCUT2D eigenvalue weighted by molar-refractivity contribution is 0.101. The third-order valence-corrected chi connectivity index (χ3v) is 3.31. The first-order valence-electron chi connectivity index (χ1n) is 7.38. The van der Waals surface area contributed by atoms with Gasteiger partial charge in [0.1, 0.15) is 11.5 Å². The van der Waals surface area contributed by atoms with E-state index in [-0.39, 0.29) is 22.8 Å². The first-order chi connectivity index (χ1) is 12.0. The Morgan fingerprint density at radius 3 is 2.44 bits per heavy atom. The monoisotopic (exact) mass is 339 g/mol. The summed E-state index contributed by atoms with van der Waals surface area (Å²) in [6, 6.07) is 10.1. The molecule has 0 radical (unpaired) electrons. The Hall–Kier alpha value is -3.55. The van der Waals surface area contributed by atoms with Crippen molar-refractivity contribution >= 4 is 23.2 Å². The number of H-pyrrole nitrogens is 1. The van der Waals surface area contributed by atoms with Gasteiger partial charge in [-0.25, -0.2) is 4.39 Å². The van der Waals surface area contributed by atoms with Crippen LogP contribution < -0.4 is 10.6 Å². The van der Waals surface area contributed by atoms with Crippen molar-refractivity contribution in [1.82, 2.24) is 15.2 Å². The highest BCUT2D eigenvalue weighted by Crippen LogP contribution is 2.24. The third-order valence-electron chi connectivity index (χ3n) is 3.31. The number of pyridine rings is 1. The average molecular weight is 339 g/mol. The molecule has 2 amide bonds. The van der Waals surface area contributed by atoms with Gasteiger partial charge < -0.3 is 10.6 Å². The van der Waals surface area contributed by atoms with Crippen LogP contribution in [0.3, 0.4) is 0 Å². The summed E-state index contributed by atoms with van der Waals surface area (Å²) in [5.74, 6) is -1.55. The summed E-state index contributed by atoms with van der Waals surface area (Å²) in [5, 5.41) is 11.6. The number of nitrogens with one attached hydrogen (secondary N) is 3. The third kappa shape index (κ3) is 3.86. The van der Waals surface area contributed by atoms with Crippen molar-refractivity contribution in [3.8, 4) is 0 Å². The molecule has 1 aromatic carbocycles. The maximum atomic E-state index is 13.6. The number of aromatic nitrogens is 3. The van der Waals surface area contributed by atoms with Gasteiger partial charge in [0.25, 0.3) is 11.8 Å². The fourth-order valence-electron chi connectivity index (χ4n) is 2.13. The van der Waals surface area contributed by atoms with Crippen molar-refractivity contribution in [1.29, 1.82) is 0 Å². The van der Waals surface area contributed by atoms with E-state index < -0.39 is 17.6 Å². The Kier molecular flexibility index (Phi) is 4.51. The van der Waals surface area contributed by atoms with Crippen LogP contribution in [0.2, 0.25) is 0 Å². The van der Waals surface area contributed by atoms with Crippen LogP contribution in [0, 0.1) is 12.7 Å². The molecule has 3 rings (SSSR count). The molecule has 0 fully saturated rings. The number of nitrogens with zero attached hydrogens (tertiary/aromatic N) is 2. The van der Waals surface area contributed by atoms with E-state index in [0.717, 1.165) is 6.07 Å². The van der Waals surface area contributed by atoms with Gasteiger partial charge in [-0.05, 0) is 43.3 Å². The number of anilines is 2. The van der Waals surface area contributed by atoms with Gasteiger partial charge in [-0.15, -0.1) is 0 Å². The highest BCUT2D eigenvalue weighted by Gasteiger charge is 2.15. The lowest BCUT2D eigenvalue weighted by Gasteiger charge is -2.11. The van der Waals surface area contributed by atoms with Crippen molar-refractivity contribution in [3.05, 3.63) is 71.6 Å². The zero-order chi connectivity index (χ0) is 17.8. The van der Waals surface area contributed by atoms with Gasteiger partial charge in [0, 0.05) is 11.9 Å². The SMILES string of the molecule is Cc1cc(C(=O)Nc2cc(F)ccc2NC(=O)c2ccccn2)n[nH]1. The van der Waals surface area contributed by atoms with Gasteiger partial charge in [0.05, 0.1) is 11.4 Å². The molecule has 0 unspecified atom stereocenters. The fourth-order valence-corrected chi connectivity index (χ4v) is 2.13. The lowest BCUT2D eigenvalue weighted by Crippen LogP contribution is -2.18. The second-order valence-electron chi connectivity index (χ2n) is 5.25. The number of amides is 2. The van der Waals surface area contributed by atoms with Crippen molar-refractivity contribution in [2.75, 3.05) is 10.6 Å². The van der Waals surface area contributed by atoms with Crippen LogP contribution in [0.4, 0.5) is 15.8 Å². The number of aromatic amines is 1. The topological polar surface area (TPSA) is 99.8 Å². The van der Waals surface area contributed by atoms with Crippen molar-refractivity contribution < 1.29 is 14.0 Å². The number of benzene rings is 1. The van der Waals surface area contributed by atoms with E-state index in [4.69, 9.17) is 0 Å². The Bertz CT molecular complexity index is 924. The Morgan fingerprint density at radius 1 is 1.00 bits per heavy atom. The molecule has 3 aromatic rings. The molecule has 2 heterocycles. The van der Waals surface area contributed by atoms with Crippen molar-refractivity contribution in [3.63, 3.8) is 0 Å². The average Bonchev–Trinajstić information content (AvgIpc) is 3.04. The van der Waals surface area contributed by atoms with E-state index in [9.17, 15) is 14.0 Å². The Balaban J connectivity index is 1.83. The highest BCUT2D eigenvalue weighted by atomic mass is 19.1. The molecule has 0 aliphatic rings. The summed E-state index contributed by atoms with van der Waals surface area (Å²) in [7, 11) is 0. The number of halogens is 1. The molecular formula is C17H14FN5O2. The summed E-state index contributed by atoms with van der Waals surface area (Å²) in [4.78, 5) is 28.4. The molecule has 7 nitrogen and oxygen atoms in total. The van der Waals surface area contributed by atoms with E-state index in [1.807, 2.05) is 0 Å². The van der Waals surface area contributed by atoms with E-state index in [0.29, 0.717) is 5.69 Å². The van der Waals surface area contributed by atoms with Crippen LogP contribution in [0.1, 0.15) is 26.7 Å². The van der Waals surface area contributed by atoms with Gasteiger partial charge >= 0.3 is 0 Å². The number of hydrogen-bond acceptors (Lipinski definition) is 4. The van der Waals surface area contributed by atoms with E-state index in [2.05, 4.69) is 25.8 Å². The van der Waals surface area contributed by atoms with Gasteiger partial charge in [-0.2, -0.15) is 5.10 Å². The number of aryl methyl sites for hydroxylation is 1. The van der Waals surface area contributed by atoms with Gasteiger partial charge in [0.15, 0.2) is 5.69 Å². The van der Waals surface area contributed by atoms with Crippen LogP contribution >= 0.6 is 0 Å². The van der Waals surface area contributed by atoms with Crippen LogP contribution in [0.5, 0.6) is 0 Å². The molecule has 0 saturated heterocycles. The zero-order valence-electron chi connectivity index (χ0n) is 13.2. The minimum Gasteiger partial charge on any atom is -0.319 e. The van der Waals surface area contributed by atoms with Crippen molar-refractivity contribution in [2.24, 2.45) is 0 Å². The predicted octanol–water partition coefficient (Wildman–Crippen LogP) is 2.76. The van der Waals surface area contributed by atoms with Crippen molar-refractivity contribution in [2.45, 2.75) is 6.92 Å². The van der Waals surface area contributed by atoms with E-state index in [1.54, 1.807) is 31.2 Å². The quantitative estimate of drug-likeness (QED) is 0.680. The second-order valence-corrected chi connectivity index (χ2v) is 5.25. The molecule has 25 heavy (non-hydrogen) atoms. The minimum atomic E-state index is -0.552. The Labute approximate surface area is 142 Å². The minimum absolute atomic E-state index is 0.120. The second kappa shape index (κ2) is 6.91. The lowest BCUT2D eigenvalue weighted by atomic mass is 10.2. The number of carbonyl (C=O) groups excluding carboxylic acids is 2. The number of hydrogen-bond donors (Lipinski definition) is 3. The standard InChI is InChI=1S/C17H14FN5O2/c1-10-8-15(23-22-10)17(25)21-14-9-11(18)5-6-12(14)20-16(24)13-4-2-3-7-19-13/h2-9H,1H3,(H,20,24)(H,21,25)(H,22,23). The molecule has 2 aromatic heterocycles. The molecule has 0 aliphatic heterocycles. The van der Waals surface area contributed by atoms with Gasteiger partial charge in [-0.1, -0.05) is 6.07 Å². The zero-order valence-corrected chi connectivity index (χ0v) is 13.2. The molecule has 0 saturated carbocycles. The van der Waals surface area contributed by atoms with Gasteiger partial charge in [-0.3, -0.25) is 19.7 Å². The summed E-state index contributed by atoms with van der Waals surface area (Å²) in [6.45, 7) is 1.75. The predicted molar refractivity (Wildman–Crippen MR) is 89.9 cm³/mol. The van der Waals surface area contributed by atoms with Gasteiger partial charge in [0.2, 0.25) is 0 Å². The van der Waals surface area contributed by atoms with Crippen LogP contribution in [-0.2, 0) is 0 Å². The largest absolute Gasteiger partial charge is 0.319 e. The van der Waals surface area contributed by atoms with Crippen LogP contribution in [-0.4, -0.2) is 27.0 Å². The molecule has 0 atom stereocenters. The summed E-state index contributed by atoms with van der Waals surface area (Å²) >= 11 is 0. The summed E-state index contributed by atoms with van der Waals surface area (Å²) in [6.07, 6.45) is 1.49. The van der Waals surface area contributed by atoms with Crippen LogP contribution in [0.15, 0.2) is 48.7 Å². The summed E-state index contributed by atoms with van der Waals surface area (Å²) in [5.41, 5.74) is 1.44. The van der Waals surface area contributed by atoms with E-state index in [1.165, 1.54) is 18.3 Å². The molecule has 8 heteroatoms. The molecule has 0 bridgehead atoms. The molecule has 3 N–H and O–H groups in total. The molecule has 0 aliphatic carbocycles. The molecular weight excluding hydrogens is 325 g/mol. The fraction of sp³-hybridized carbons (Fsp3) is 0.0588. The first-order valence-corrected chi connectivity index (χ1v) is 7.38. The maximum absolute atomic E-state index is 13.6. The van der Waals surface area contributed by atoms with E-state index >= 15 is 0 Å².